The van der Waals surface area contributed by atoms with Crippen LogP contribution in [0.4, 0.5) is 0 Å². The van der Waals surface area contributed by atoms with E-state index in [-0.39, 0.29) is 11.9 Å². The highest BCUT2D eigenvalue weighted by molar-refractivity contribution is 9.10. The van der Waals surface area contributed by atoms with Gasteiger partial charge in [0.1, 0.15) is 5.92 Å². The van der Waals surface area contributed by atoms with E-state index in [2.05, 4.69) is 31.9 Å². The summed E-state index contributed by atoms with van der Waals surface area (Å²) in [5, 5.41) is 10.2. The maximum Gasteiger partial charge on any atom is 0.313 e. The van der Waals surface area contributed by atoms with Crippen molar-refractivity contribution in [3.8, 4) is 0 Å². The van der Waals surface area contributed by atoms with E-state index in [1.54, 1.807) is 29.2 Å². The van der Waals surface area contributed by atoms with Crippen LogP contribution in [0.5, 0.6) is 0 Å². The standard InChI is InChI=1S/C24H19Br2NO3/c1-14(16-5-4-6-18(26)13-16)27-22(15-9-11-17(25)12-10-15)21(24(29)30)19-7-2-3-8-20(19)23(27)28/h2-14,21-22H,1H3,(H,29,30)/t14-,21?,22?/m1/s1. The minimum absolute atomic E-state index is 0.163. The van der Waals surface area contributed by atoms with Gasteiger partial charge in [0, 0.05) is 14.5 Å². The Balaban J connectivity index is 1.93. The summed E-state index contributed by atoms with van der Waals surface area (Å²) in [6.45, 7) is 1.94. The van der Waals surface area contributed by atoms with E-state index < -0.39 is 17.9 Å². The highest BCUT2D eigenvalue weighted by atomic mass is 79.9. The van der Waals surface area contributed by atoms with E-state index in [9.17, 15) is 14.7 Å². The van der Waals surface area contributed by atoms with E-state index in [1.165, 1.54) is 0 Å². The van der Waals surface area contributed by atoms with Crippen LogP contribution in [-0.4, -0.2) is 21.9 Å². The Morgan fingerprint density at radius 1 is 0.967 bits per heavy atom. The molecule has 1 aliphatic heterocycles. The molecule has 3 aromatic carbocycles. The van der Waals surface area contributed by atoms with E-state index in [0.29, 0.717) is 11.1 Å². The second kappa shape index (κ2) is 8.36. The van der Waals surface area contributed by atoms with E-state index >= 15 is 0 Å². The molecule has 0 saturated heterocycles. The Kier molecular flexibility index (Phi) is 5.80. The summed E-state index contributed by atoms with van der Waals surface area (Å²) < 4.78 is 1.80. The molecular weight excluding hydrogens is 510 g/mol. The van der Waals surface area contributed by atoms with Crippen LogP contribution in [0.2, 0.25) is 0 Å². The van der Waals surface area contributed by atoms with Gasteiger partial charge in [0.05, 0.1) is 12.1 Å². The molecule has 0 saturated carbocycles. The third kappa shape index (κ3) is 3.70. The van der Waals surface area contributed by atoms with Gasteiger partial charge in [0.2, 0.25) is 0 Å². The van der Waals surface area contributed by atoms with Gasteiger partial charge in [-0.2, -0.15) is 0 Å². The number of fused-ring (bicyclic) bond motifs is 1. The summed E-state index contributed by atoms with van der Waals surface area (Å²) in [6.07, 6.45) is 0. The SMILES string of the molecule is C[C@H](c1cccc(Br)c1)N1C(=O)c2ccccc2C(C(=O)O)C1c1ccc(Br)cc1. The molecule has 6 heteroatoms. The lowest BCUT2D eigenvalue weighted by Gasteiger charge is -2.44. The zero-order chi connectivity index (χ0) is 21.4. The fourth-order valence-electron chi connectivity index (χ4n) is 4.18. The molecule has 4 rings (SSSR count). The number of hydrogen-bond acceptors (Lipinski definition) is 2. The van der Waals surface area contributed by atoms with Crippen LogP contribution in [0, 0.1) is 0 Å². The lowest BCUT2D eigenvalue weighted by molar-refractivity contribution is -0.140. The molecule has 1 amide bonds. The quantitative estimate of drug-likeness (QED) is 0.430. The van der Waals surface area contributed by atoms with Crippen LogP contribution < -0.4 is 0 Å². The lowest BCUT2D eigenvalue weighted by atomic mass is 9.78. The largest absolute Gasteiger partial charge is 0.481 e. The first-order valence-corrected chi connectivity index (χ1v) is 11.1. The molecule has 1 heterocycles. The number of carbonyl (C=O) groups excluding carboxylic acids is 1. The Labute approximate surface area is 191 Å². The molecule has 0 bridgehead atoms. The normalized spacial score (nSPS) is 19.3. The Morgan fingerprint density at radius 3 is 2.33 bits per heavy atom. The number of hydrogen-bond donors (Lipinski definition) is 1. The van der Waals surface area contributed by atoms with Crippen LogP contribution in [-0.2, 0) is 4.79 Å². The van der Waals surface area contributed by atoms with Crippen molar-refractivity contribution in [3.05, 3.63) is 104 Å². The maximum absolute atomic E-state index is 13.6. The number of halogens is 2. The van der Waals surface area contributed by atoms with Gasteiger partial charge in [-0.25, -0.2) is 0 Å². The maximum atomic E-state index is 13.6. The number of carboxylic acid groups (broad SMARTS) is 1. The molecule has 1 aliphatic rings. The van der Waals surface area contributed by atoms with Gasteiger partial charge in [0.25, 0.3) is 5.91 Å². The number of aliphatic carboxylic acids is 1. The van der Waals surface area contributed by atoms with Crippen molar-refractivity contribution in [3.63, 3.8) is 0 Å². The molecular formula is C24H19Br2NO3. The zero-order valence-corrected chi connectivity index (χ0v) is 19.3. The number of amides is 1. The molecule has 0 radical (unpaired) electrons. The Morgan fingerprint density at radius 2 is 1.67 bits per heavy atom. The molecule has 2 unspecified atom stereocenters. The van der Waals surface area contributed by atoms with Gasteiger partial charge in [-0.1, -0.05) is 74.3 Å². The second-order valence-electron chi connectivity index (χ2n) is 7.34. The van der Waals surface area contributed by atoms with Gasteiger partial charge >= 0.3 is 5.97 Å². The summed E-state index contributed by atoms with van der Waals surface area (Å²) in [5.41, 5.74) is 2.72. The van der Waals surface area contributed by atoms with Crippen LogP contribution in [0.15, 0.2) is 81.7 Å². The number of rotatable bonds is 4. The summed E-state index contributed by atoms with van der Waals surface area (Å²) in [7, 11) is 0. The fraction of sp³-hybridized carbons (Fsp3) is 0.167. The summed E-state index contributed by atoms with van der Waals surface area (Å²) in [6, 6.07) is 21.4. The topological polar surface area (TPSA) is 57.6 Å². The third-order valence-electron chi connectivity index (χ3n) is 5.60. The van der Waals surface area contributed by atoms with Crippen molar-refractivity contribution < 1.29 is 14.7 Å². The Bertz CT molecular complexity index is 1110. The summed E-state index contributed by atoms with van der Waals surface area (Å²) >= 11 is 6.93. The smallest absolute Gasteiger partial charge is 0.313 e. The van der Waals surface area contributed by atoms with Crippen molar-refractivity contribution in [2.45, 2.75) is 24.9 Å². The summed E-state index contributed by atoms with van der Waals surface area (Å²) in [5.74, 6) is -1.98. The van der Waals surface area contributed by atoms with Crippen molar-refractivity contribution in [1.29, 1.82) is 0 Å². The average molecular weight is 529 g/mol. The number of benzene rings is 3. The first-order chi connectivity index (χ1) is 14.4. The van der Waals surface area contributed by atoms with Crippen LogP contribution in [0.3, 0.4) is 0 Å². The van der Waals surface area contributed by atoms with Crippen molar-refractivity contribution in [1.82, 2.24) is 4.90 Å². The number of carboxylic acids is 1. The number of carbonyl (C=O) groups is 2. The van der Waals surface area contributed by atoms with E-state index in [4.69, 9.17) is 0 Å². The molecule has 0 aromatic heterocycles. The van der Waals surface area contributed by atoms with Gasteiger partial charge in [-0.3, -0.25) is 9.59 Å². The molecule has 0 aliphatic carbocycles. The molecule has 0 fully saturated rings. The average Bonchev–Trinajstić information content (AvgIpc) is 2.73. The molecule has 152 valence electrons. The van der Waals surface area contributed by atoms with Gasteiger partial charge in [-0.15, -0.1) is 0 Å². The lowest BCUT2D eigenvalue weighted by Crippen LogP contribution is -2.46. The summed E-state index contributed by atoms with van der Waals surface area (Å²) in [4.78, 5) is 27.8. The third-order valence-corrected chi connectivity index (χ3v) is 6.62. The fourth-order valence-corrected chi connectivity index (χ4v) is 4.87. The van der Waals surface area contributed by atoms with Crippen molar-refractivity contribution in [2.24, 2.45) is 0 Å². The minimum Gasteiger partial charge on any atom is -0.481 e. The first kappa shape index (κ1) is 20.8. The van der Waals surface area contributed by atoms with Crippen LogP contribution >= 0.6 is 31.9 Å². The van der Waals surface area contributed by atoms with Crippen molar-refractivity contribution >= 4 is 43.7 Å². The van der Waals surface area contributed by atoms with Gasteiger partial charge < -0.3 is 10.0 Å². The molecule has 1 N–H and O–H groups in total. The number of nitrogens with zero attached hydrogens (tertiary/aromatic N) is 1. The molecule has 0 spiro atoms. The van der Waals surface area contributed by atoms with E-state index in [0.717, 1.165) is 20.1 Å². The predicted octanol–water partition coefficient (Wildman–Crippen LogP) is 6.34. The molecule has 3 aromatic rings. The van der Waals surface area contributed by atoms with Crippen molar-refractivity contribution in [2.75, 3.05) is 0 Å². The van der Waals surface area contributed by atoms with Gasteiger partial charge in [0.15, 0.2) is 0 Å². The van der Waals surface area contributed by atoms with Crippen LogP contribution in [0.1, 0.15) is 52.0 Å². The zero-order valence-electron chi connectivity index (χ0n) is 16.1. The second-order valence-corrected chi connectivity index (χ2v) is 9.17. The highest BCUT2D eigenvalue weighted by Gasteiger charge is 2.46. The predicted molar refractivity (Wildman–Crippen MR) is 122 cm³/mol. The first-order valence-electron chi connectivity index (χ1n) is 9.54. The monoisotopic (exact) mass is 527 g/mol. The van der Waals surface area contributed by atoms with Gasteiger partial charge in [-0.05, 0) is 53.9 Å². The van der Waals surface area contributed by atoms with Crippen LogP contribution in [0.25, 0.3) is 0 Å². The molecule has 3 atom stereocenters. The minimum atomic E-state index is -0.950. The molecule has 4 nitrogen and oxygen atoms in total. The molecule has 30 heavy (non-hydrogen) atoms. The Hall–Kier alpha value is -2.44. The highest BCUT2D eigenvalue weighted by Crippen LogP contribution is 2.46. The van der Waals surface area contributed by atoms with E-state index in [1.807, 2.05) is 55.5 Å².